The first kappa shape index (κ1) is 23.4. The second-order valence-electron chi connectivity index (χ2n) is 6.41. The van der Waals surface area contributed by atoms with Crippen LogP contribution in [0.1, 0.15) is 32.8 Å². The van der Waals surface area contributed by atoms with Gasteiger partial charge in [-0.1, -0.05) is 19.1 Å². The van der Waals surface area contributed by atoms with E-state index in [1.54, 1.807) is 30.3 Å². The molecule has 30 heavy (non-hydrogen) atoms. The number of carbonyl (C=O) groups is 2. The van der Waals surface area contributed by atoms with Crippen molar-refractivity contribution in [2.75, 3.05) is 18.5 Å². The topological polar surface area (TPSA) is 89.0 Å². The van der Waals surface area contributed by atoms with Crippen LogP contribution in [0.25, 0.3) is 0 Å². The van der Waals surface area contributed by atoms with Crippen molar-refractivity contribution in [1.82, 2.24) is 5.43 Å². The number of rotatable bonds is 10. The largest absolute Gasteiger partial charge is 0.490 e. The van der Waals surface area contributed by atoms with Crippen LogP contribution in [0.2, 0.25) is 0 Å². The molecular weight excluding hydrogens is 450 g/mol. The highest BCUT2D eigenvalue weighted by Gasteiger charge is 2.21. The maximum absolute atomic E-state index is 12.3. The van der Waals surface area contributed by atoms with E-state index in [0.29, 0.717) is 30.4 Å². The van der Waals surface area contributed by atoms with Crippen LogP contribution in [0.15, 0.2) is 52.0 Å². The van der Waals surface area contributed by atoms with E-state index < -0.39 is 17.7 Å². The highest BCUT2D eigenvalue weighted by molar-refractivity contribution is 9.10. The van der Waals surface area contributed by atoms with Crippen LogP contribution >= 0.6 is 15.9 Å². The van der Waals surface area contributed by atoms with Crippen LogP contribution in [0.4, 0.5) is 5.69 Å². The first-order valence-electron chi connectivity index (χ1n) is 9.74. The van der Waals surface area contributed by atoms with Gasteiger partial charge in [0.05, 0.1) is 25.1 Å². The summed E-state index contributed by atoms with van der Waals surface area (Å²) < 4.78 is 12.0. The van der Waals surface area contributed by atoms with E-state index in [-0.39, 0.29) is 0 Å². The van der Waals surface area contributed by atoms with Gasteiger partial charge >= 0.3 is 0 Å². The molecule has 7 nitrogen and oxygen atoms in total. The third-order valence-electron chi connectivity index (χ3n) is 4.04. The summed E-state index contributed by atoms with van der Waals surface area (Å²) in [5.74, 6) is -0.577. The number of ether oxygens (including phenoxy) is 2. The fraction of sp³-hybridized carbons (Fsp3) is 0.318. The fourth-order valence-electron chi connectivity index (χ4n) is 2.39. The Kier molecular flexibility index (Phi) is 9.34. The molecule has 1 atom stereocenters. The predicted octanol–water partition coefficient (Wildman–Crippen LogP) is 4.36. The molecule has 0 aromatic heterocycles. The van der Waals surface area contributed by atoms with Crippen LogP contribution < -0.4 is 20.2 Å². The first-order chi connectivity index (χ1) is 14.5. The molecule has 0 spiro atoms. The molecule has 2 aromatic carbocycles. The summed E-state index contributed by atoms with van der Waals surface area (Å²) in [6, 6.07) is 12.6. The average molecular weight is 476 g/mol. The summed E-state index contributed by atoms with van der Waals surface area (Å²) >= 11 is 3.36. The van der Waals surface area contributed by atoms with Gasteiger partial charge in [-0.15, -0.1) is 0 Å². The van der Waals surface area contributed by atoms with Crippen molar-refractivity contribution in [2.45, 2.75) is 27.2 Å². The van der Waals surface area contributed by atoms with E-state index in [0.717, 1.165) is 16.5 Å². The van der Waals surface area contributed by atoms with E-state index in [9.17, 15) is 9.59 Å². The van der Waals surface area contributed by atoms with Crippen molar-refractivity contribution < 1.29 is 19.1 Å². The smallest absolute Gasteiger partial charge is 0.252 e. The number of hydrogen-bond donors (Lipinski definition) is 2. The molecule has 160 valence electrons. The normalized spacial score (nSPS) is 11.7. The van der Waals surface area contributed by atoms with Gasteiger partial charge in [0.25, 0.3) is 5.91 Å². The van der Waals surface area contributed by atoms with Crippen LogP contribution in [0.3, 0.4) is 0 Å². The minimum absolute atomic E-state index is 0.425. The Morgan fingerprint density at radius 2 is 1.87 bits per heavy atom. The summed E-state index contributed by atoms with van der Waals surface area (Å²) in [6.07, 6.45) is 2.39. The molecule has 0 fully saturated rings. The Bertz CT molecular complexity index is 902. The standard InChI is InChI=1S/C22H26BrN3O4/c1-4-12-30-19-11-10-16(13-20(19)29-5-2)14-24-26-22(28)15(3)21(27)25-18-9-7-6-8-17(18)23/h6-11,13-15H,4-5,12H2,1-3H3,(H,25,27)(H,26,28). The van der Waals surface area contributed by atoms with Gasteiger partial charge in [0.2, 0.25) is 5.91 Å². The van der Waals surface area contributed by atoms with Gasteiger partial charge < -0.3 is 14.8 Å². The molecule has 0 aliphatic heterocycles. The number of hydrazone groups is 1. The second-order valence-corrected chi connectivity index (χ2v) is 7.27. The zero-order valence-corrected chi connectivity index (χ0v) is 18.9. The van der Waals surface area contributed by atoms with Crippen molar-refractivity contribution in [3.8, 4) is 11.5 Å². The van der Waals surface area contributed by atoms with Gasteiger partial charge in [0.15, 0.2) is 11.5 Å². The van der Waals surface area contributed by atoms with Gasteiger partial charge in [-0.3, -0.25) is 9.59 Å². The highest BCUT2D eigenvalue weighted by Crippen LogP contribution is 2.28. The van der Waals surface area contributed by atoms with Gasteiger partial charge in [0, 0.05) is 4.47 Å². The van der Waals surface area contributed by atoms with Gasteiger partial charge in [0.1, 0.15) is 5.92 Å². The number of nitrogens with one attached hydrogen (secondary N) is 2. The summed E-state index contributed by atoms with van der Waals surface area (Å²) in [5.41, 5.74) is 3.72. The molecule has 0 aliphatic rings. The van der Waals surface area contributed by atoms with Gasteiger partial charge in [-0.2, -0.15) is 5.10 Å². The molecule has 0 heterocycles. The lowest BCUT2D eigenvalue weighted by atomic mass is 10.1. The fourth-order valence-corrected chi connectivity index (χ4v) is 2.78. The third kappa shape index (κ3) is 6.88. The Balaban J connectivity index is 1.96. The number of nitrogens with zero attached hydrogens (tertiary/aromatic N) is 1. The number of anilines is 1. The number of hydrogen-bond acceptors (Lipinski definition) is 5. The van der Waals surface area contributed by atoms with E-state index >= 15 is 0 Å². The summed E-state index contributed by atoms with van der Waals surface area (Å²) in [5, 5.41) is 6.67. The number of benzene rings is 2. The summed E-state index contributed by atoms with van der Waals surface area (Å²) in [7, 11) is 0. The SMILES string of the molecule is CCCOc1ccc(C=NNC(=O)C(C)C(=O)Nc2ccccc2Br)cc1OCC. The molecular formula is C22H26BrN3O4. The van der Waals surface area contributed by atoms with Crippen molar-refractivity contribution >= 4 is 39.6 Å². The van der Waals surface area contributed by atoms with Crippen molar-refractivity contribution in [2.24, 2.45) is 11.0 Å². The highest BCUT2D eigenvalue weighted by atomic mass is 79.9. The molecule has 0 radical (unpaired) electrons. The molecule has 8 heteroatoms. The Hall–Kier alpha value is -2.87. The second kappa shape index (κ2) is 12.0. The minimum Gasteiger partial charge on any atom is -0.490 e. The van der Waals surface area contributed by atoms with Gasteiger partial charge in [-0.05, 0) is 72.1 Å². The minimum atomic E-state index is -0.918. The lowest BCUT2D eigenvalue weighted by molar-refractivity contribution is -0.131. The molecule has 0 saturated carbocycles. The Labute approximate surface area is 185 Å². The van der Waals surface area contributed by atoms with Crippen LogP contribution in [0.5, 0.6) is 11.5 Å². The van der Waals surface area contributed by atoms with Crippen LogP contribution in [0, 0.1) is 5.92 Å². The Morgan fingerprint density at radius 1 is 1.10 bits per heavy atom. The summed E-state index contributed by atoms with van der Waals surface area (Å²) in [6.45, 7) is 6.55. The number of amides is 2. The average Bonchev–Trinajstić information content (AvgIpc) is 2.74. The summed E-state index contributed by atoms with van der Waals surface area (Å²) in [4.78, 5) is 24.6. The molecule has 2 amide bonds. The molecule has 0 bridgehead atoms. The molecule has 0 aliphatic carbocycles. The van der Waals surface area contributed by atoms with Crippen molar-refractivity contribution in [3.05, 3.63) is 52.5 Å². The lowest BCUT2D eigenvalue weighted by Crippen LogP contribution is -2.34. The maximum Gasteiger partial charge on any atom is 0.252 e. The van der Waals surface area contributed by atoms with E-state index in [4.69, 9.17) is 9.47 Å². The molecule has 2 rings (SSSR count). The molecule has 2 N–H and O–H groups in total. The van der Waals surface area contributed by atoms with E-state index in [1.807, 2.05) is 26.0 Å². The zero-order chi connectivity index (χ0) is 21.9. The Morgan fingerprint density at radius 3 is 2.57 bits per heavy atom. The zero-order valence-electron chi connectivity index (χ0n) is 17.3. The number of para-hydroxylation sites is 1. The molecule has 0 saturated heterocycles. The monoisotopic (exact) mass is 475 g/mol. The van der Waals surface area contributed by atoms with Gasteiger partial charge in [-0.25, -0.2) is 5.43 Å². The lowest BCUT2D eigenvalue weighted by Gasteiger charge is -2.12. The predicted molar refractivity (Wildman–Crippen MR) is 121 cm³/mol. The van der Waals surface area contributed by atoms with Crippen molar-refractivity contribution in [3.63, 3.8) is 0 Å². The van der Waals surface area contributed by atoms with Crippen LogP contribution in [-0.4, -0.2) is 31.2 Å². The maximum atomic E-state index is 12.3. The van der Waals surface area contributed by atoms with Crippen molar-refractivity contribution in [1.29, 1.82) is 0 Å². The number of halogens is 1. The van der Waals surface area contributed by atoms with E-state index in [2.05, 4.69) is 31.8 Å². The quantitative estimate of drug-likeness (QED) is 0.303. The van der Waals surface area contributed by atoms with E-state index in [1.165, 1.54) is 13.1 Å². The molecule has 1 unspecified atom stereocenters. The molecule has 2 aromatic rings. The van der Waals surface area contributed by atoms with Crippen LogP contribution in [-0.2, 0) is 9.59 Å². The first-order valence-corrected chi connectivity index (χ1v) is 10.5. The third-order valence-corrected chi connectivity index (χ3v) is 4.73. The number of carbonyl (C=O) groups excluding carboxylic acids is 2.